The predicted molar refractivity (Wildman–Crippen MR) is 31.7 cm³/mol. The number of halogens is 1. The molecule has 0 unspecified atom stereocenters. The highest BCUT2D eigenvalue weighted by atomic mass is 19.1. The molecule has 0 spiro atoms. The summed E-state index contributed by atoms with van der Waals surface area (Å²) in [4.78, 5) is 0. The fourth-order valence-electron chi connectivity index (χ4n) is 2.24. The molecule has 0 aromatic carbocycles. The van der Waals surface area contributed by atoms with Crippen LogP contribution in [0, 0.1) is 11.8 Å². The van der Waals surface area contributed by atoms with Crippen LogP contribution in [0.1, 0.15) is 19.8 Å². The largest absolute Gasteiger partial charge is 0.393 e. The lowest BCUT2D eigenvalue weighted by Gasteiger charge is -2.07. The molecule has 9 heavy (non-hydrogen) atoms. The molecule has 52 valence electrons. The SMILES string of the molecule is C[C@]1(F)[C@H]2[C@H](O)CC[C@H]21. The van der Waals surface area contributed by atoms with Gasteiger partial charge in [0, 0.05) is 11.8 Å². The molecule has 0 bridgehead atoms. The fraction of sp³-hybridized carbons (Fsp3) is 1.00. The third-order valence-electron chi connectivity index (χ3n) is 2.89. The second kappa shape index (κ2) is 1.31. The summed E-state index contributed by atoms with van der Waals surface area (Å²) < 4.78 is 13.0. The molecule has 2 fully saturated rings. The highest BCUT2D eigenvalue weighted by molar-refractivity contribution is 5.16. The molecule has 4 atom stereocenters. The van der Waals surface area contributed by atoms with Crippen molar-refractivity contribution in [3.05, 3.63) is 0 Å². The molecule has 0 aromatic rings. The van der Waals surface area contributed by atoms with Gasteiger partial charge in [-0.05, 0) is 19.8 Å². The molecule has 0 amide bonds. The molecule has 1 N–H and O–H groups in total. The van der Waals surface area contributed by atoms with Gasteiger partial charge in [0.05, 0.1) is 6.10 Å². The highest BCUT2D eigenvalue weighted by Gasteiger charge is 2.68. The molecule has 2 heteroatoms. The fourth-order valence-corrected chi connectivity index (χ4v) is 2.24. The summed E-state index contributed by atoms with van der Waals surface area (Å²) in [5.74, 6) is 0.171. The maximum absolute atomic E-state index is 13.0. The zero-order valence-corrected chi connectivity index (χ0v) is 5.47. The quantitative estimate of drug-likeness (QED) is 0.521. The van der Waals surface area contributed by atoms with Crippen molar-refractivity contribution < 1.29 is 9.50 Å². The zero-order valence-electron chi connectivity index (χ0n) is 5.47. The van der Waals surface area contributed by atoms with Gasteiger partial charge in [-0.15, -0.1) is 0 Å². The van der Waals surface area contributed by atoms with Gasteiger partial charge in [0.25, 0.3) is 0 Å². The predicted octanol–water partition coefficient (Wildman–Crippen LogP) is 1.12. The van der Waals surface area contributed by atoms with Crippen LogP contribution in [0.15, 0.2) is 0 Å². The van der Waals surface area contributed by atoms with Crippen LogP contribution in [0.5, 0.6) is 0 Å². The first-order valence-electron chi connectivity index (χ1n) is 3.51. The van der Waals surface area contributed by atoms with Crippen molar-refractivity contribution in [3.8, 4) is 0 Å². The lowest BCUT2D eigenvalue weighted by Crippen LogP contribution is -2.14. The summed E-state index contributed by atoms with van der Waals surface area (Å²) in [6.45, 7) is 1.60. The number of aliphatic hydroxyl groups is 1. The second-order valence-electron chi connectivity index (χ2n) is 3.43. The first-order valence-corrected chi connectivity index (χ1v) is 3.51. The topological polar surface area (TPSA) is 20.2 Å². The van der Waals surface area contributed by atoms with E-state index in [-0.39, 0.29) is 17.9 Å². The molecule has 2 saturated carbocycles. The van der Waals surface area contributed by atoms with E-state index in [4.69, 9.17) is 5.11 Å². The van der Waals surface area contributed by atoms with Gasteiger partial charge < -0.3 is 5.11 Å². The molecule has 0 aromatic heterocycles. The lowest BCUT2D eigenvalue weighted by molar-refractivity contribution is 0.118. The third-order valence-corrected chi connectivity index (χ3v) is 2.89. The van der Waals surface area contributed by atoms with E-state index in [2.05, 4.69) is 0 Å². The minimum Gasteiger partial charge on any atom is -0.393 e. The molecular weight excluding hydrogens is 119 g/mol. The van der Waals surface area contributed by atoms with E-state index in [1.807, 2.05) is 0 Å². The average Bonchev–Trinajstić information content (AvgIpc) is 2.19. The Balaban J connectivity index is 2.14. The van der Waals surface area contributed by atoms with Crippen molar-refractivity contribution >= 4 is 0 Å². The number of fused-ring (bicyclic) bond motifs is 1. The highest BCUT2D eigenvalue weighted by Crippen LogP contribution is 2.62. The van der Waals surface area contributed by atoms with Gasteiger partial charge in [0.1, 0.15) is 5.67 Å². The first kappa shape index (κ1) is 5.66. The molecule has 0 radical (unpaired) electrons. The second-order valence-corrected chi connectivity index (χ2v) is 3.43. The molecular formula is C7H11FO. The normalized spacial score (nSPS) is 63.7. The Morgan fingerprint density at radius 3 is 2.44 bits per heavy atom. The van der Waals surface area contributed by atoms with Gasteiger partial charge in [-0.2, -0.15) is 0 Å². The van der Waals surface area contributed by atoms with Crippen molar-refractivity contribution in [2.45, 2.75) is 31.5 Å². The van der Waals surface area contributed by atoms with Crippen LogP contribution in [0.2, 0.25) is 0 Å². The maximum Gasteiger partial charge on any atom is 0.117 e. The number of aliphatic hydroxyl groups excluding tert-OH is 1. The minimum absolute atomic E-state index is 0.0162. The van der Waals surface area contributed by atoms with Crippen LogP contribution >= 0.6 is 0 Å². The summed E-state index contributed by atoms with van der Waals surface area (Å²) >= 11 is 0. The van der Waals surface area contributed by atoms with E-state index in [1.165, 1.54) is 0 Å². The summed E-state index contributed by atoms with van der Waals surface area (Å²) in [5, 5.41) is 9.13. The minimum atomic E-state index is -1.02. The van der Waals surface area contributed by atoms with Crippen molar-refractivity contribution in [1.29, 1.82) is 0 Å². The number of rotatable bonds is 0. The summed E-state index contributed by atoms with van der Waals surface area (Å²) in [5.41, 5.74) is -1.02. The summed E-state index contributed by atoms with van der Waals surface area (Å²) in [6, 6.07) is 0. The van der Waals surface area contributed by atoms with Gasteiger partial charge in [0.15, 0.2) is 0 Å². The Labute approximate surface area is 53.9 Å². The van der Waals surface area contributed by atoms with E-state index in [1.54, 1.807) is 6.92 Å². The van der Waals surface area contributed by atoms with E-state index < -0.39 is 5.67 Å². The van der Waals surface area contributed by atoms with Crippen LogP contribution in [0.4, 0.5) is 4.39 Å². The summed E-state index contributed by atoms with van der Waals surface area (Å²) in [7, 11) is 0. The van der Waals surface area contributed by atoms with Crippen molar-refractivity contribution in [2.24, 2.45) is 11.8 Å². The molecule has 0 heterocycles. The van der Waals surface area contributed by atoms with Crippen molar-refractivity contribution in [1.82, 2.24) is 0 Å². The molecule has 0 aliphatic heterocycles. The standard InChI is InChI=1S/C7H11FO/c1-7(8)4-2-3-5(9)6(4)7/h4-6,9H,2-3H2,1H3/t4-,5-,6-,7-/m1/s1. The third kappa shape index (κ3) is 0.522. The van der Waals surface area contributed by atoms with Gasteiger partial charge in [-0.25, -0.2) is 4.39 Å². The smallest absolute Gasteiger partial charge is 0.117 e. The van der Waals surface area contributed by atoms with Gasteiger partial charge in [0.2, 0.25) is 0 Å². The number of hydrogen-bond acceptors (Lipinski definition) is 1. The first-order chi connectivity index (χ1) is 4.14. The van der Waals surface area contributed by atoms with E-state index in [9.17, 15) is 4.39 Å². The van der Waals surface area contributed by atoms with Gasteiger partial charge in [-0.1, -0.05) is 0 Å². The molecule has 2 aliphatic rings. The van der Waals surface area contributed by atoms with Gasteiger partial charge >= 0.3 is 0 Å². The van der Waals surface area contributed by atoms with Crippen LogP contribution < -0.4 is 0 Å². The lowest BCUT2D eigenvalue weighted by atomic mass is 10.1. The van der Waals surface area contributed by atoms with Crippen molar-refractivity contribution in [3.63, 3.8) is 0 Å². The van der Waals surface area contributed by atoms with Crippen LogP contribution in [0.3, 0.4) is 0 Å². The van der Waals surface area contributed by atoms with E-state index >= 15 is 0 Å². The number of alkyl halides is 1. The van der Waals surface area contributed by atoms with Crippen LogP contribution in [-0.4, -0.2) is 16.9 Å². The Kier molecular flexibility index (Phi) is 0.825. The zero-order chi connectivity index (χ0) is 6.65. The van der Waals surface area contributed by atoms with E-state index in [0.29, 0.717) is 0 Å². The maximum atomic E-state index is 13.0. The van der Waals surface area contributed by atoms with Crippen LogP contribution in [-0.2, 0) is 0 Å². The number of hydrogen-bond donors (Lipinski definition) is 1. The molecule has 1 nitrogen and oxygen atoms in total. The van der Waals surface area contributed by atoms with Crippen molar-refractivity contribution in [2.75, 3.05) is 0 Å². The summed E-state index contributed by atoms with van der Waals surface area (Å²) in [6.07, 6.45) is 1.36. The van der Waals surface area contributed by atoms with Crippen LogP contribution in [0.25, 0.3) is 0 Å². The van der Waals surface area contributed by atoms with E-state index in [0.717, 1.165) is 12.8 Å². The Hall–Kier alpha value is -0.110. The Morgan fingerprint density at radius 2 is 2.22 bits per heavy atom. The molecule has 2 rings (SSSR count). The average molecular weight is 130 g/mol. The van der Waals surface area contributed by atoms with Gasteiger partial charge in [-0.3, -0.25) is 0 Å². The monoisotopic (exact) mass is 130 g/mol. The Morgan fingerprint density at radius 1 is 1.56 bits per heavy atom. The molecule has 2 aliphatic carbocycles. The Bertz CT molecular complexity index is 144. The molecule has 0 saturated heterocycles.